The van der Waals surface area contributed by atoms with Gasteiger partial charge in [-0.05, 0) is 68.6 Å². The van der Waals surface area contributed by atoms with E-state index in [1.165, 1.54) is 56.9 Å². The maximum Gasteiger partial charge on any atom is 0.0294 e. The van der Waals surface area contributed by atoms with Gasteiger partial charge in [0.05, 0.1) is 0 Å². The summed E-state index contributed by atoms with van der Waals surface area (Å²) in [6.07, 6.45) is 11.1. The molecule has 1 nitrogen and oxygen atoms in total. The van der Waals surface area contributed by atoms with Gasteiger partial charge in [0.25, 0.3) is 0 Å². The van der Waals surface area contributed by atoms with Crippen LogP contribution in [0.3, 0.4) is 0 Å². The van der Waals surface area contributed by atoms with Crippen molar-refractivity contribution in [1.82, 2.24) is 5.32 Å². The molecule has 110 valence electrons. The van der Waals surface area contributed by atoms with E-state index in [0.717, 1.165) is 5.92 Å². The zero-order valence-corrected chi connectivity index (χ0v) is 13.1. The quantitative estimate of drug-likeness (QED) is 0.830. The van der Waals surface area contributed by atoms with E-state index in [2.05, 4.69) is 37.4 Å². The Labute approximate surface area is 124 Å². The molecule has 1 fully saturated rings. The monoisotopic (exact) mass is 271 g/mol. The molecular formula is C19H29N. The molecule has 1 unspecified atom stereocenters. The second-order valence-electron chi connectivity index (χ2n) is 6.96. The first-order valence-corrected chi connectivity index (χ1v) is 8.62. The molecule has 2 aliphatic carbocycles. The number of rotatable bonds is 4. The third-order valence-corrected chi connectivity index (χ3v) is 5.49. The van der Waals surface area contributed by atoms with Crippen molar-refractivity contribution in [2.75, 3.05) is 0 Å². The van der Waals surface area contributed by atoms with Crippen molar-refractivity contribution in [1.29, 1.82) is 0 Å². The summed E-state index contributed by atoms with van der Waals surface area (Å²) in [7, 11) is 0. The third-order valence-electron chi connectivity index (χ3n) is 5.49. The normalized spacial score (nSPS) is 22.5. The molecule has 0 radical (unpaired) electrons. The lowest BCUT2D eigenvalue weighted by atomic mass is 9.84. The van der Waals surface area contributed by atoms with Crippen LogP contribution in [0.25, 0.3) is 0 Å². The van der Waals surface area contributed by atoms with Crippen LogP contribution >= 0.6 is 0 Å². The first-order valence-electron chi connectivity index (χ1n) is 8.62. The topological polar surface area (TPSA) is 12.0 Å². The molecule has 2 aliphatic rings. The average Bonchev–Trinajstić information content (AvgIpc) is 2.95. The van der Waals surface area contributed by atoms with Gasteiger partial charge in [0, 0.05) is 12.1 Å². The molecule has 1 aromatic carbocycles. The molecule has 1 N–H and O–H groups in total. The SMILES string of the molecule is CC(N[C@@H](C)C1CCCCC1)c1ccc2c(c1)CCC2. The minimum Gasteiger partial charge on any atom is -0.307 e. The Kier molecular flexibility index (Phi) is 4.45. The number of nitrogens with one attached hydrogen (secondary N) is 1. The van der Waals surface area contributed by atoms with E-state index in [4.69, 9.17) is 0 Å². The molecule has 0 aromatic heterocycles. The van der Waals surface area contributed by atoms with Crippen LogP contribution < -0.4 is 5.32 Å². The summed E-state index contributed by atoms with van der Waals surface area (Å²) in [4.78, 5) is 0. The maximum absolute atomic E-state index is 3.86. The van der Waals surface area contributed by atoms with E-state index in [9.17, 15) is 0 Å². The summed E-state index contributed by atoms with van der Waals surface area (Å²) in [5.74, 6) is 0.889. The highest BCUT2D eigenvalue weighted by Crippen LogP contribution is 2.29. The average molecular weight is 271 g/mol. The van der Waals surface area contributed by atoms with Crippen molar-refractivity contribution in [2.45, 2.75) is 77.3 Å². The number of benzene rings is 1. The van der Waals surface area contributed by atoms with Crippen molar-refractivity contribution >= 4 is 0 Å². The van der Waals surface area contributed by atoms with Crippen LogP contribution in [0, 0.1) is 5.92 Å². The molecule has 0 aliphatic heterocycles. The molecule has 0 spiro atoms. The molecule has 1 heteroatoms. The predicted octanol–water partition coefficient (Wildman–Crippen LogP) is 4.79. The Morgan fingerprint density at radius 3 is 2.50 bits per heavy atom. The summed E-state index contributed by atoms with van der Waals surface area (Å²) in [5, 5.41) is 3.86. The Morgan fingerprint density at radius 1 is 0.950 bits per heavy atom. The molecule has 20 heavy (non-hydrogen) atoms. The van der Waals surface area contributed by atoms with Gasteiger partial charge in [-0.15, -0.1) is 0 Å². The Morgan fingerprint density at radius 2 is 1.70 bits per heavy atom. The summed E-state index contributed by atoms with van der Waals surface area (Å²) < 4.78 is 0. The Bertz CT molecular complexity index is 445. The lowest BCUT2D eigenvalue weighted by Gasteiger charge is -2.31. The van der Waals surface area contributed by atoms with Gasteiger partial charge in [-0.3, -0.25) is 0 Å². The van der Waals surface area contributed by atoms with E-state index in [-0.39, 0.29) is 0 Å². The standard InChI is InChI=1S/C19H29N/c1-14(16-7-4-3-5-8-16)20-15(2)18-12-11-17-9-6-10-19(17)13-18/h11-16,20H,3-10H2,1-2H3/t14-,15?/m0/s1. The Balaban J connectivity index is 1.62. The van der Waals surface area contributed by atoms with Crippen LogP contribution in [-0.4, -0.2) is 6.04 Å². The number of hydrogen-bond donors (Lipinski definition) is 1. The molecule has 0 heterocycles. The first-order chi connectivity index (χ1) is 9.74. The second kappa shape index (κ2) is 6.30. The smallest absolute Gasteiger partial charge is 0.0294 e. The number of fused-ring (bicyclic) bond motifs is 1. The maximum atomic E-state index is 3.86. The molecule has 1 saturated carbocycles. The summed E-state index contributed by atoms with van der Waals surface area (Å²) in [5.41, 5.74) is 4.66. The van der Waals surface area contributed by atoms with Gasteiger partial charge in [0.2, 0.25) is 0 Å². The highest BCUT2D eigenvalue weighted by atomic mass is 14.9. The van der Waals surface area contributed by atoms with Gasteiger partial charge in [-0.2, -0.15) is 0 Å². The fourth-order valence-electron chi connectivity index (χ4n) is 4.12. The van der Waals surface area contributed by atoms with E-state index >= 15 is 0 Å². The fourth-order valence-corrected chi connectivity index (χ4v) is 4.12. The van der Waals surface area contributed by atoms with Crippen molar-refractivity contribution in [3.05, 3.63) is 34.9 Å². The largest absolute Gasteiger partial charge is 0.307 e. The van der Waals surface area contributed by atoms with Crippen LogP contribution in [0.1, 0.15) is 75.1 Å². The van der Waals surface area contributed by atoms with Crippen LogP contribution in [0.2, 0.25) is 0 Å². The van der Waals surface area contributed by atoms with Gasteiger partial charge >= 0.3 is 0 Å². The third kappa shape index (κ3) is 3.09. The van der Waals surface area contributed by atoms with Gasteiger partial charge in [0.15, 0.2) is 0 Å². The molecular weight excluding hydrogens is 242 g/mol. The minimum absolute atomic E-state index is 0.484. The number of aryl methyl sites for hydroxylation is 2. The number of hydrogen-bond acceptors (Lipinski definition) is 1. The van der Waals surface area contributed by atoms with Crippen LogP contribution in [0.5, 0.6) is 0 Å². The summed E-state index contributed by atoms with van der Waals surface area (Å²) >= 11 is 0. The summed E-state index contributed by atoms with van der Waals surface area (Å²) in [6, 6.07) is 8.29. The predicted molar refractivity (Wildman–Crippen MR) is 86.1 cm³/mol. The first kappa shape index (κ1) is 14.1. The minimum atomic E-state index is 0.484. The van der Waals surface area contributed by atoms with Gasteiger partial charge in [0.1, 0.15) is 0 Å². The second-order valence-corrected chi connectivity index (χ2v) is 6.96. The van der Waals surface area contributed by atoms with Crippen LogP contribution in [0.15, 0.2) is 18.2 Å². The zero-order valence-electron chi connectivity index (χ0n) is 13.1. The van der Waals surface area contributed by atoms with E-state index in [0.29, 0.717) is 12.1 Å². The Hall–Kier alpha value is -0.820. The van der Waals surface area contributed by atoms with E-state index in [1.807, 2.05) is 0 Å². The lowest BCUT2D eigenvalue weighted by Crippen LogP contribution is -2.36. The molecule has 0 amide bonds. The highest BCUT2D eigenvalue weighted by Gasteiger charge is 2.22. The highest BCUT2D eigenvalue weighted by molar-refractivity contribution is 5.36. The van der Waals surface area contributed by atoms with Crippen molar-refractivity contribution in [2.24, 2.45) is 5.92 Å². The molecule has 0 saturated heterocycles. The lowest BCUT2D eigenvalue weighted by molar-refractivity contribution is 0.268. The van der Waals surface area contributed by atoms with Crippen LogP contribution in [0.4, 0.5) is 0 Å². The molecule has 0 bridgehead atoms. The van der Waals surface area contributed by atoms with Crippen molar-refractivity contribution < 1.29 is 0 Å². The van der Waals surface area contributed by atoms with Gasteiger partial charge in [-0.25, -0.2) is 0 Å². The molecule has 1 aromatic rings. The zero-order chi connectivity index (χ0) is 13.9. The van der Waals surface area contributed by atoms with Crippen molar-refractivity contribution in [3.8, 4) is 0 Å². The summed E-state index contributed by atoms with van der Waals surface area (Å²) in [6.45, 7) is 4.72. The molecule has 3 rings (SSSR count). The fraction of sp³-hybridized carbons (Fsp3) is 0.684. The van der Waals surface area contributed by atoms with Crippen LogP contribution in [-0.2, 0) is 12.8 Å². The van der Waals surface area contributed by atoms with Gasteiger partial charge in [-0.1, -0.05) is 37.5 Å². The molecule has 2 atom stereocenters. The van der Waals surface area contributed by atoms with Gasteiger partial charge < -0.3 is 5.32 Å². The van der Waals surface area contributed by atoms with E-state index in [1.54, 1.807) is 11.1 Å². The van der Waals surface area contributed by atoms with Crippen molar-refractivity contribution in [3.63, 3.8) is 0 Å². The van der Waals surface area contributed by atoms with E-state index < -0.39 is 0 Å².